The minimum Gasteiger partial charge on any atom is -0.347 e. The van der Waals surface area contributed by atoms with Gasteiger partial charge in [0.1, 0.15) is 0 Å². The minimum absolute atomic E-state index is 0.0321. The van der Waals surface area contributed by atoms with Gasteiger partial charge in [-0.3, -0.25) is 28.8 Å². The van der Waals surface area contributed by atoms with Gasteiger partial charge in [0.2, 0.25) is 0 Å². The summed E-state index contributed by atoms with van der Waals surface area (Å²) in [7, 11) is 0. The summed E-state index contributed by atoms with van der Waals surface area (Å²) in [6, 6.07) is 0. The van der Waals surface area contributed by atoms with Gasteiger partial charge in [0, 0.05) is 69.6 Å². The van der Waals surface area contributed by atoms with Gasteiger partial charge in [0.15, 0.2) is 5.12 Å². The maximum Gasteiger partial charge on any atom is 0.279 e. The highest BCUT2D eigenvalue weighted by atomic mass is 32.2. The first kappa shape index (κ1) is 65.2. The SMILES string of the molecule is CC(C)(C)NC(=O)SCCC1CCC(CCSC(=O)NC(C)(C)C)C(CCSC(=O)CCCCCCCNC(=O)SCCC2CC(CCSC(=O)NC(C)(C)C)CCC2CCSC(=O)NC(C)(C)C)C1. The number of carbonyl (C=O) groups excluding carboxylic acids is 6. The predicted molar refractivity (Wildman–Crippen MR) is 310 cm³/mol. The molecule has 6 unspecified atom stereocenters. The van der Waals surface area contributed by atoms with E-state index >= 15 is 0 Å². The van der Waals surface area contributed by atoms with Crippen molar-refractivity contribution in [3.8, 4) is 0 Å². The molecule has 0 spiro atoms. The van der Waals surface area contributed by atoms with E-state index in [9.17, 15) is 28.8 Å². The first-order valence-corrected chi connectivity index (χ1v) is 32.4. The van der Waals surface area contributed by atoms with Crippen molar-refractivity contribution in [3.63, 3.8) is 0 Å². The first-order chi connectivity index (χ1) is 32.7. The van der Waals surface area contributed by atoms with E-state index in [4.69, 9.17) is 0 Å². The maximum absolute atomic E-state index is 12.9. The predicted octanol–water partition coefficient (Wildman–Crippen LogP) is 15.4. The molecule has 0 bridgehead atoms. The number of nitrogens with one attached hydrogen (secondary N) is 5. The Morgan fingerprint density at radius 3 is 1.07 bits per heavy atom. The average Bonchev–Trinajstić information content (AvgIpc) is 3.20. The van der Waals surface area contributed by atoms with Crippen LogP contribution in [0.1, 0.15) is 199 Å². The van der Waals surface area contributed by atoms with Gasteiger partial charge in [0.05, 0.1) is 0 Å². The van der Waals surface area contributed by atoms with E-state index in [1.165, 1.54) is 70.6 Å². The fourth-order valence-electron chi connectivity index (χ4n) is 9.32. The zero-order valence-corrected chi connectivity index (χ0v) is 50.4. The number of hydrogen-bond donors (Lipinski definition) is 5. The van der Waals surface area contributed by atoms with E-state index in [0.29, 0.717) is 48.5 Å². The molecule has 6 atom stereocenters. The van der Waals surface area contributed by atoms with E-state index in [-0.39, 0.29) is 53.5 Å². The number of unbranched alkanes of at least 4 members (excludes halogenated alkanes) is 4. The van der Waals surface area contributed by atoms with Crippen molar-refractivity contribution in [2.24, 2.45) is 35.5 Å². The number of carbonyl (C=O) groups is 6. The van der Waals surface area contributed by atoms with Crippen molar-refractivity contribution < 1.29 is 28.8 Å². The molecule has 5 amide bonds. The lowest BCUT2D eigenvalue weighted by Gasteiger charge is -2.36. The van der Waals surface area contributed by atoms with Crippen LogP contribution in [0, 0.1) is 35.5 Å². The monoisotopic (exact) mass is 1090 g/mol. The lowest BCUT2D eigenvalue weighted by Crippen LogP contribution is -2.38. The van der Waals surface area contributed by atoms with Gasteiger partial charge in [-0.25, -0.2) is 0 Å². The van der Waals surface area contributed by atoms with E-state index in [1.54, 1.807) is 0 Å². The maximum atomic E-state index is 12.9. The summed E-state index contributed by atoms with van der Waals surface area (Å²) in [4.78, 5) is 75.5. The van der Waals surface area contributed by atoms with E-state index in [2.05, 4.69) is 26.6 Å². The molecule has 11 nitrogen and oxygen atoms in total. The molecule has 17 heteroatoms. The Labute approximate surface area is 451 Å². The van der Waals surface area contributed by atoms with E-state index in [0.717, 1.165) is 144 Å². The van der Waals surface area contributed by atoms with Gasteiger partial charge in [-0.1, -0.05) is 103 Å². The molecule has 0 aromatic carbocycles. The Morgan fingerprint density at radius 2 is 0.686 bits per heavy atom. The molecule has 0 aromatic heterocycles. The smallest absolute Gasteiger partial charge is 0.279 e. The molecule has 406 valence electrons. The van der Waals surface area contributed by atoms with Crippen LogP contribution < -0.4 is 26.6 Å². The highest BCUT2D eigenvalue weighted by Gasteiger charge is 2.32. The molecule has 0 heterocycles. The second kappa shape index (κ2) is 33.9. The molecule has 5 N–H and O–H groups in total. The number of thioether (sulfide) groups is 6. The summed E-state index contributed by atoms with van der Waals surface area (Å²) in [6.45, 7) is 24.7. The fraction of sp³-hybridized carbons (Fsp3) is 0.887. The highest BCUT2D eigenvalue weighted by molar-refractivity contribution is 8.14. The third-order valence-electron chi connectivity index (χ3n) is 12.7. The van der Waals surface area contributed by atoms with Crippen molar-refractivity contribution in [2.45, 2.75) is 221 Å². The third kappa shape index (κ3) is 34.6. The van der Waals surface area contributed by atoms with Crippen LogP contribution in [0.2, 0.25) is 0 Å². The standard InChI is InChI=1S/C53H97N5O6S6/c1-50(2,3)55-46(61)67-30-23-38-19-21-40(25-33-69-48(63)57-52(7,8)9)42(36-38)27-32-65-44(59)18-16-14-13-15-17-29-54-45(60)66-35-28-43-37-39(24-31-68-47(62)56-51(4,5)6)20-22-41(43)26-34-70-49(64)58-53(10,11)12/h38-43H,13-37H2,1-12H3,(H,54,60)(H,55,61)(H,56,62)(H,57,63)(H,58,64). The average molecular weight is 1090 g/mol. The molecule has 0 aromatic rings. The number of rotatable bonds is 26. The fourth-order valence-corrected chi connectivity index (χ4v) is 15.1. The van der Waals surface area contributed by atoms with Crippen molar-refractivity contribution in [1.29, 1.82) is 0 Å². The van der Waals surface area contributed by atoms with E-state index in [1.807, 2.05) is 83.1 Å². The normalized spacial score (nSPS) is 21.1. The van der Waals surface area contributed by atoms with Crippen molar-refractivity contribution in [3.05, 3.63) is 0 Å². The summed E-state index contributed by atoms with van der Waals surface area (Å²) in [5.74, 6) is 8.14. The molecule has 0 aliphatic heterocycles. The van der Waals surface area contributed by atoms with Crippen LogP contribution in [0.15, 0.2) is 0 Å². The van der Waals surface area contributed by atoms with Gasteiger partial charge >= 0.3 is 0 Å². The van der Waals surface area contributed by atoms with E-state index < -0.39 is 0 Å². The Bertz CT molecular complexity index is 1460. The summed E-state index contributed by atoms with van der Waals surface area (Å²) in [5, 5.41) is 15.8. The molecular formula is C53H97N5O6S6. The Morgan fingerprint density at radius 1 is 0.371 bits per heavy atom. The number of hydrogen-bond acceptors (Lipinski definition) is 12. The highest BCUT2D eigenvalue weighted by Crippen LogP contribution is 2.42. The second-order valence-corrected chi connectivity index (χ2v) is 30.5. The van der Waals surface area contributed by atoms with Crippen LogP contribution in [-0.2, 0) is 4.79 Å². The summed E-state index contributed by atoms with van der Waals surface area (Å²) in [6.07, 6.45) is 18.4. The van der Waals surface area contributed by atoms with Crippen molar-refractivity contribution in [1.82, 2.24) is 26.6 Å². The van der Waals surface area contributed by atoms with Crippen LogP contribution in [0.25, 0.3) is 0 Å². The molecule has 2 saturated carbocycles. The van der Waals surface area contributed by atoms with Crippen molar-refractivity contribution in [2.75, 3.05) is 41.1 Å². The number of amides is 5. The topological polar surface area (TPSA) is 163 Å². The van der Waals surface area contributed by atoms with Crippen molar-refractivity contribution >= 4 is 102 Å². The molecule has 70 heavy (non-hydrogen) atoms. The molecule has 0 saturated heterocycles. The molecule has 2 aliphatic carbocycles. The lowest BCUT2D eigenvalue weighted by molar-refractivity contribution is -0.111. The van der Waals surface area contributed by atoms with Gasteiger partial charge in [-0.15, -0.1) is 0 Å². The molecular weight excluding hydrogens is 995 g/mol. The zero-order valence-electron chi connectivity index (χ0n) is 45.5. The van der Waals surface area contributed by atoms with Gasteiger partial charge in [0.25, 0.3) is 26.2 Å². The first-order valence-electron chi connectivity index (χ1n) is 26.5. The van der Waals surface area contributed by atoms with Gasteiger partial charge < -0.3 is 26.6 Å². The third-order valence-corrected chi connectivity index (χ3v) is 17.7. The van der Waals surface area contributed by atoms with Crippen LogP contribution >= 0.6 is 70.6 Å². The largest absolute Gasteiger partial charge is 0.347 e. The van der Waals surface area contributed by atoms with Gasteiger partial charge in [-0.05, 0) is 196 Å². The van der Waals surface area contributed by atoms with Crippen LogP contribution in [0.4, 0.5) is 24.0 Å². The van der Waals surface area contributed by atoms with Crippen LogP contribution in [-0.4, -0.2) is 94.5 Å². The molecule has 2 rings (SSSR count). The van der Waals surface area contributed by atoms with Crippen LogP contribution in [0.3, 0.4) is 0 Å². The quantitative estimate of drug-likeness (QED) is 0.0522. The lowest BCUT2D eigenvalue weighted by atomic mass is 9.71. The van der Waals surface area contributed by atoms with Crippen LogP contribution in [0.5, 0.6) is 0 Å². The minimum atomic E-state index is -0.245. The summed E-state index contributed by atoms with van der Waals surface area (Å²) >= 11 is 8.43. The second-order valence-electron chi connectivity index (χ2n) is 24.0. The Balaban J connectivity index is 1.69. The summed E-state index contributed by atoms with van der Waals surface area (Å²) < 4.78 is 0. The summed E-state index contributed by atoms with van der Waals surface area (Å²) in [5.41, 5.74) is -0.953. The van der Waals surface area contributed by atoms with Gasteiger partial charge in [-0.2, -0.15) is 0 Å². The Kier molecular flexibility index (Phi) is 31.6. The Hall–Kier alpha value is -0.880. The zero-order chi connectivity index (χ0) is 52.4. The molecule has 2 fully saturated rings. The molecule has 2 aliphatic rings. The molecule has 0 radical (unpaired) electrons.